The molecule has 1 atom stereocenters. The molecular formula is C15H23ClN2O2. The lowest BCUT2D eigenvalue weighted by Crippen LogP contribution is -2.52. The molecule has 0 aromatic heterocycles. The van der Waals surface area contributed by atoms with Gasteiger partial charge in [-0.15, -0.1) is 12.4 Å². The third kappa shape index (κ3) is 3.87. The van der Waals surface area contributed by atoms with Crippen LogP contribution in [0.1, 0.15) is 18.1 Å². The maximum atomic E-state index is 12.3. The van der Waals surface area contributed by atoms with Crippen LogP contribution in [0.15, 0.2) is 18.2 Å². The van der Waals surface area contributed by atoms with E-state index >= 15 is 0 Å². The fourth-order valence-electron chi connectivity index (χ4n) is 2.46. The molecule has 5 heteroatoms. The van der Waals surface area contributed by atoms with Gasteiger partial charge in [-0.1, -0.05) is 12.1 Å². The molecule has 0 aliphatic carbocycles. The van der Waals surface area contributed by atoms with Crippen LogP contribution in [0.3, 0.4) is 0 Å². The molecule has 4 nitrogen and oxygen atoms in total. The summed E-state index contributed by atoms with van der Waals surface area (Å²) in [6.07, 6.45) is 0.445. The molecule has 0 radical (unpaired) electrons. The van der Waals surface area contributed by atoms with Crippen molar-refractivity contribution in [2.45, 2.75) is 26.3 Å². The van der Waals surface area contributed by atoms with Crippen LogP contribution in [0.4, 0.5) is 0 Å². The second-order valence-electron chi connectivity index (χ2n) is 5.12. The van der Waals surface area contributed by atoms with Crippen molar-refractivity contribution in [3.63, 3.8) is 0 Å². The van der Waals surface area contributed by atoms with Crippen LogP contribution >= 0.6 is 12.4 Å². The quantitative estimate of drug-likeness (QED) is 0.925. The Kier molecular flexibility index (Phi) is 6.30. The Hall–Kier alpha value is -1.26. The van der Waals surface area contributed by atoms with Crippen LogP contribution in [0, 0.1) is 6.92 Å². The van der Waals surface area contributed by atoms with Crippen molar-refractivity contribution >= 4 is 18.3 Å². The Morgan fingerprint density at radius 3 is 2.90 bits per heavy atom. The number of piperazine rings is 1. The molecule has 1 saturated heterocycles. The van der Waals surface area contributed by atoms with Crippen molar-refractivity contribution in [2.75, 3.05) is 26.7 Å². The van der Waals surface area contributed by atoms with Gasteiger partial charge in [0.25, 0.3) is 0 Å². The summed E-state index contributed by atoms with van der Waals surface area (Å²) >= 11 is 0. The van der Waals surface area contributed by atoms with E-state index in [0.717, 1.165) is 36.5 Å². The van der Waals surface area contributed by atoms with Crippen LogP contribution in [0.5, 0.6) is 5.75 Å². The Bertz CT molecular complexity index is 465. The van der Waals surface area contributed by atoms with Gasteiger partial charge in [0.2, 0.25) is 5.91 Å². The first kappa shape index (κ1) is 16.8. The van der Waals surface area contributed by atoms with Gasteiger partial charge in [0.15, 0.2) is 0 Å². The molecule has 1 aliphatic heterocycles. The summed E-state index contributed by atoms with van der Waals surface area (Å²) in [7, 11) is 1.66. The number of hydrogen-bond donors (Lipinski definition) is 1. The van der Waals surface area contributed by atoms with Gasteiger partial charge in [-0.25, -0.2) is 0 Å². The van der Waals surface area contributed by atoms with Gasteiger partial charge in [-0.05, 0) is 31.0 Å². The zero-order valence-electron chi connectivity index (χ0n) is 12.3. The van der Waals surface area contributed by atoms with E-state index in [2.05, 4.69) is 12.2 Å². The standard InChI is InChI=1S/C15H22N2O2.ClH/c1-11-4-5-13(8-14(11)19-3)9-15(18)17-7-6-16-10-12(17)2;/h4-5,8,12,16H,6-7,9-10H2,1-3H3;1H/t12-;/m0./s1. The number of carbonyl (C=O) groups excluding carboxylic acids is 1. The highest BCUT2D eigenvalue weighted by atomic mass is 35.5. The van der Waals surface area contributed by atoms with Gasteiger partial charge < -0.3 is 15.0 Å². The van der Waals surface area contributed by atoms with E-state index in [4.69, 9.17) is 4.74 Å². The summed E-state index contributed by atoms with van der Waals surface area (Å²) in [5.74, 6) is 1.04. The summed E-state index contributed by atoms with van der Waals surface area (Å²) < 4.78 is 5.30. The Labute approximate surface area is 126 Å². The maximum absolute atomic E-state index is 12.3. The van der Waals surface area contributed by atoms with Crippen LogP contribution in [-0.4, -0.2) is 43.6 Å². The van der Waals surface area contributed by atoms with Gasteiger partial charge in [-0.2, -0.15) is 0 Å². The van der Waals surface area contributed by atoms with E-state index in [0.29, 0.717) is 6.42 Å². The van der Waals surface area contributed by atoms with Gasteiger partial charge >= 0.3 is 0 Å². The molecule has 1 N–H and O–H groups in total. The lowest BCUT2D eigenvalue weighted by atomic mass is 10.1. The number of amides is 1. The maximum Gasteiger partial charge on any atom is 0.227 e. The third-order valence-corrected chi connectivity index (χ3v) is 3.65. The summed E-state index contributed by atoms with van der Waals surface area (Å²) in [4.78, 5) is 14.3. The molecule has 1 amide bonds. The molecule has 1 fully saturated rings. The number of aryl methyl sites for hydroxylation is 1. The number of ether oxygens (including phenoxy) is 1. The zero-order valence-corrected chi connectivity index (χ0v) is 13.1. The number of methoxy groups -OCH3 is 1. The van der Waals surface area contributed by atoms with Crippen LogP contribution in [-0.2, 0) is 11.2 Å². The van der Waals surface area contributed by atoms with E-state index in [9.17, 15) is 4.79 Å². The van der Waals surface area contributed by atoms with E-state index < -0.39 is 0 Å². The van der Waals surface area contributed by atoms with Crippen LogP contribution in [0.25, 0.3) is 0 Å². The molecule has 1 aromatic carbocycles. The molecule has 2 rings (SSSR count). The highest BCUT2D eigenvalue weighted by Crippen LogP contribution is 2.20. The molecular weight excluding hydrogens is 276 g/mol. The van der Waals surface area contributed by atoms with Crippen molar-refractivity contribution in [3.05, 3.63) is 29.3 Å². The molecule has 1 heterocycles. The molecule has 1 aromatic rings. The average molecular weight is 299 g/mol. The molecule has 20 heavy (non-hydrogen) atoms. The lowest BCUT2D eigenvalue weighted by molar-refractivity contribution is -0.133. The zero-order chi connectivity index (χ0) is 13.8. The smallest absolute Gasteiger partial charge is 0.227 e. The van der Waals surface area contributed by atoms with Gasteiger partial charge in [0.05, 0.1) is 13.5 Å². The number of nitrogens with one attached hydrogen (secondary N) is 1. The van der Waals surface area contributed by atoms with E-state index in [-0.39, 0.29) is 24.4 Å². The normalized spacial score (nSPS) is 18.4. The predicted octanol–water partition coefficient (Wildman–Crippen LogP) is 1.79. The number of halogens is 1. The first-order valence-electron chi connectivity index (χ1n) is 6.75. The second kappa shape index (κ2) is 7.50. The fourth-order valence-corrected chi connectivity index (χ4v) is 2.46. The number of benzene rings is 1. The van der Waals surface area contributed by atoms with Crippen LogP contribution in [0.2, 0.25) is 0 Å². The van der Waals surface area contributed by atoms with Crippen molar-refractivity contribution in [2.24, 2.45) is 0 Å². The molecule has 112 valence electrons. The van der Waals surface area contributed by atoms with Crippen molar-refractivity contribution < 1.29 is 9.53 Å². The SMILES string of the molecule is COc1cc(CC(=O)N2CCNC[C@@H]2C)ccc1C.Cl. The van der Waals surface area contributed by atoms with Crippen molar-refractivity contribution in [1.29, 1.82) is 0 Å². The van der Waals surface area contributed by atoms with Crippen molar-refractivity contribution in [1.82, 2.24) is 10.2 Å². The Morgan fingerprint density at radius 2 is 2.25 bits per heavy atom. The predicted molar refractivity (Wildman–Crippen MR) is 82.7 cm³/mol. The van der Waals surface area contributed by atoms with Gasteiger partial charge in [0.1, 0.15) is 5.75 Å². The first-order chi connectivity index (χ1) is 9.11. The minimum absolute atomic E-state index is 0. The summed E-state index contributed by atoms with van der Waals surface area (Å²) in [5.41, 5.74) is 2.10. The molecule has 1 aliphatic rings. The molecule has 0 spiro atoms. The van der Waals surface area contributed by atoms with E-state index in [1.165, 1.54) is 0 Å². The monoisotopic (exact) mass is 298 g/mol. The lowest BCUT2D eigenvalue weighted by Gasteiger charge is -2.34. The summed E-state index contributed by atoms with van der Waals surface area (Å²) in [6.45, 7) is 6.64. The minimum atomic E-state index is 0. The first-order valence-corrected chi connectivity index (χ1v) is 6.75. The highest BCUT2D eigenvalue weighted by molar-refractivity contribution is 5.85. The van der Waals surface area contributed by atoms with E-state index in [1.807, 2.05) is 30.0 Å². The molecule has 0 bridgehead atoms. The summed E-state index contributed by atoms with van der Waals surface area (Å²) in [5, 5.41) is 3.30. The average Bonchev–Trinajstić information content (AvgIpc) is 2.41. The number of rotatable bonds is 3. The third-order valence-electron chi connectivity index (χ3n) is 3.65. The topological polar surface area (TPSA) is 41.6 Å². The summed E-state index contributed by atoms with van der Waals surface area (Å²) in [6, 6.07) is 6.24. The van der Waals surface area contributed by atoms with Crippen molar-refractivity contribution in [3.8, 4) is 5.75 Å². The van der Waals surface area contributed by atoms with E-state index in [1.54, 1.807) is 7.11 Å². The second-order valence-corrected chi connectivity index (χ2v) is 5.12. The van der Waals surface area contributed by atoms with Gasteiger partial charge in [-0.3, -0.25) is 4.79 Å². The highest BCUT2D eigenvalue weighted by Gasteiger charge is 2.22. The largest absolute Gasteiger partial charge is 0.496 e. The number of carbonyl (C=O) groups is 1. The Balaban J connectivity index is 0.00000200. The minimum Gasteiger partial charge on any atom is -0.496 e. The number of hydrogen-bond acceptors (Lipinski definition) is 3. The Morgan fingerprint density at radius 1 is 1.50 bits per heavy atom. The number of nitrogens with zero attached hydrogens (tertiary/aromatic N) is 1. The molecule has 0 saturated carbocycles. The molecule has 0 unspecified atom stereocenters. The van der Waals surface area contributed by atoms with Crippen LogP contribution < -0.4 is 10.1 Å². The van der Waals surface area contributed by atoms with Gasteiger partial charge in [0, 0.05) is 25.7 Å². The fraction of sp³-hybridized carbons (Fsp3) is 0.533.